The van der Waals surface area contributed by atoms with Crippen molar-refractivity contribution in [1.29, 1.82) is 0 Å². The molecule has 0 atom stereocenters. The Kier molecular flexibility index (Phi) is 4.25. The van der Waals surface area contributed by atoms with Gasteiger partial charge >= 0.3 is 0 Å². The van der Waals surface area contributed by atoms with Crippen LogP contribution in [0.2, 0.25) is 19.6 Å². The Morgan fingerprint density at radius 2 is 1.55 bits per heavy atom. The van der Waals surface area contributed by atoms with E-state index >= 15 is 0 Å². The Morgan fingerprint density at radius 3 is 2.20 bits per heavy atom. The highest BCUT2D eigenvalue weighted by atomic mass is 28.4. The van der Waals surface area contributed by atoms with Crippen molar-refractivity contribution in [2.75, 3.05) is 5.32 Å². The van der Waals surface area contributed by atoms with Gasteiger partial charge in [0, 0.05) is 5.56 Å². The predicted octanol–water partition coefficient (Wildman–Crippen LogP) is 4.15. The molecule has 2 aromatic rings. The molecule has 4 heteroatoms. The molecule has 0 fully saturated rings. The van der Waals surface area contributed by atoms with Crippen molar-refractivity contribution >= 4 is 19.9 Å². The van der Waals surface area contributed by atoms with E-state index in [9.17, 15) is 4.79 Å². The predicted molar refractivity (Wildman–Crippen MR) is 84.8 cm³/mol. The van der Waals surface area contributed by atoms with Crippen molar-refractivity contribution < 1.29 is 9.22 Å². The molecule has 0 bridgehead atoms. The molecule has 20 heavy (non-hydrogen) atoms. The zero-order valence-corrected chi connectivity index (χ0v) is 13.0. The molecule has 0 radical (unpaired) electrons. The highest BCUT2D eigenvalue weighted by molar-refractivity contribution is 6.70. The number of carbonyl (C=O) groups excluding carboxylic acids is 1. The van der Waals surface area contributed by atoms with Gasteiger partial charge in [-0.25, -0.2) is 0 Å². The van der Waals surface area contributed by atoms with Crippen molar-refractivity contribution in [3.05, 3.63) is 60.2 Å². The van der Waals surface area contributed by atoms with Gasteiger partial charge in [0.25, 0.3) is 5.91 Å². The van der Waals surface area contributed by atoms with Gasteiger partial charge in [0.15, 0.2) is 0 Å². The molecule has 0 unspecified atom stereocenters. The minimum absolute atomic E-state index is 0.128. The number of hydrogen-bond donors (Lipinski definition) is 1. The molecule has 0 heterocycles. The lowest BCUT2D eigenvalue weighted by Crippen LogP contribution is -2.29. The molecule has 0 saturated heterocycles. The largest absolute Gasteiger partial charge is 0.543 e. The summed E-state index contributed by atoms with van der Waals surface area (Å²) in [6, 6.07) is 16.7. The lowest BCUT2D eigenvalue weighted by Gasteiger charge is -2.21. The molecular formula is C16H19NO2Si. The first-order valence-electron chi connectivity index (χ1n) is 6.60. The summed E-state index contributed by atoms with van der Waals surface area (Å²) < 4.78 is 5.99. The van der Waals surface area contributed by atoms with Gasteiger partial charge in [-0.1, -0.05) is 30.3 Å². The first-order chi connectivity index (χ1) is 9.46. The molecule has 0 saturated carbocycles. The lowest BCUT2D eigenvalue weighted by atomic mass is 10.2. The maximum absolute atomic E-state index is 12.2. The van der Waals surface area contributed by atoms with E-state index in [-0.39, 0.29) is 5.91 Å². The van der Waals surface area contributed by atoms with Crippen LogP contribution in [0.1, 0.15) is 10.4 Å². The van der Waals surface area contributed by atoms with Crippen molar-refractivity contribution in [3.63, 3.8) is 0 Å². The van der Waals surface area contributed by atoms with E-state index in [1.54, 1.807) is 12.1 Å². The van der Waals surface area contributed by atoms with Crippen LogP contribution in [0, 0.1) is 0 Å². The van der Waals surface area contributed by atoms with Crippen LogP contribution >= 0.6 is 0 Å². The minimum Gasteiger partial charge on any atom is -0.543 e. The van der Waals surface area contributed by atoms with Crippen LogP contribution in [0.3, 0.4) is 0 Å². The standard InChI is InChI=1S/C16H19NO2Si/c1-20(2,3)19-15-12-8-7-11-14(15)17-16(18)13-9-5-4-6-10-13/h4-12H,1-3H3,(H,17,18). The van der Waals surface area contributed by atoms with Crippen molar-refractivity contribution in [2.45, 2.75) is 19.6 Å². The number of rotatable bonds is 4. The highest BCUT2D eigenvalue weighted by Crippen LogP contribution is 2.27. The Hall–Kier alpha value is -2.07. The number of benzene rings is 2. The van der Waals surface area contributed by atoms with Gasteiger partial charge in [-0.15, -0.1) is 0 Å². The van der Waals surface area contributed by atoms with Crippen LogP contribution in [0.15, 0.2) is 54.6 Å². The maximum atomic E-state index is 12.2. The molecule has 104 valence electrons. The number of carbonyl (C=O) groups is 1. The van der Waals surface area contributed by atoms with Crippen LogP contribution in [-0.2, 0) is 0 Å². The topological polar surface area (TPSA) is 38.3 Å². The van der Waals surface area contributed by atoms with Crippen molar-refractivity contribution in [1.82, 2.24) is 0 Å². The number of para-hydroxylation sites is 2. The molecule has 2 aromatic carbocycles. The molecule has 1 amide bonds. The Labute approximate surface area is 120 Å². The fourth-order valence-electron chi connectivity index (χ4n) is 1.77. The molecule has 0 aliphatic rings. The van der Waals surface area contributed by atoms with E-state index < -0.39 is 8.32 Å². The third-order valence-corrected chi connectivity index (χ3v) is 3.42. The van der Waals surface area contributed by atoms with E-state index in [0.717, 1.165) is 5.75 Å². The Morgan fingerprint density at radius 1 is 0.950 bits per heavy atom. The second kappa shape index (κ2) is 5.92. The summed E-state index contributed by atoms with van der Waals surface area (Å²) in [6.07, 6.45) is 0. The number of amides is 1. The number of hydrogen-bond acceptors (Lipinski definition) is 2. The van der Waals surface area contributed by atoms with Gasteiger partial charge in [-0.3, -0.25) is 4.79 Å². The second-order valence-electron chi connectivity index (χ2n) is 5.53. The first-order valence-corrected chi connectivity index (χ1v) is 10.0. The second-order valence-corrected chi connectivity index (χ2v) is 9.96. The highest BCUT2D eigenvalue weighted by Gasteiger charge is 2.18. The molecular weight excluding hydrogens is 266 g/mol. The molecule has 0 spiro atoms. The van der Waals surface area contributed by atoms with Gasteiger partial charge in [0.05, 0.1) is 5.69 Å². The summed E-state index contributed by atoms with van der Waals surface area (Å²) in [5, 5.41) is 2.91. The quantitative estimate of drug-likeness (QED) is 0.857. The fraction of sp³-hybridized carbons (Fsp3) is 0.188. The third kappa shape index (κ3) is 3.96. The smallest absolute Gasteiger partial charge is 0.255 e. The molecule has 1 N–H and O–H groups in total. The monoisotopic (exact) mass is 285 g/mol. The van der Waals surface area contributed by atoms with E-state index in [0.29, 0.717) is 11.3 Å². The fourth-order valence-corrected chi connectivity index (χ4v) is 2.61. The van der Waals surface area contributed by atoms with Crippen molar-refractivity contribution in [2.24, 2.45) is 0 Å². The minimum atomic E-state index is -1.71. The van der Waals surface area contributed by atoms with Crippen LogP contribution in [0.5, 0.6) is 5.75 Å². The Bertz CT molecular complexity index is 591. The van der Waals surface area contributed by atoms with Crippen LogP contribution in [0.25, 0.3) is 0 Å². The summed E-state index contributed by atoms with van der Waals surface area (Å²) in [7, 11) is -1.71. The zero-order chi connectivity index (χ0) is 14.6. The summed E-state index contributed by atoms with van der Waals surface area (Å²) in [6.45, 7) is 6.34. The van der Waals surface area contributed by atoms with Crippen molar-refractivity contribution in [3.8, 4) is 5.75 Å². The van der Waals surface area contributed by atoms with E-state index in [1.807, 2.05) is 42.5 Å². The molecule has 0 aliphatic heterocycles. The summed E-state index contributed by atoms with van der Waals surface area (Å²) >= 11 is 0. The SMILES string of the molecule is C[Si](C)(C)Oc1ccccc1NC(=O)c1ccccc1. The number of anilines is 1. The third-order valence-electron chi connectivity index (χ3n) is 2.59. The number of nitrogens with one attached hydrogen (secondary N) is 1. The van der Waals surface area contributed by atoms with Gasteiger partial charge in [0.2, 0.25) is 8.32 Å². The molecule has 0 aromatic heterocycles. The van der Waals surface area contributed by atoms with E-state index in [4.69, 9.17) is 4.43 Å². The average molecular weight is 285 g/mol. The summed E-state index contributed by atoms with van der Waals surface area (Å²) in [5.74, 6) is 0.605. The maximum Gasteiger partial charge on any atom is 0.255 e. The molecule has 3 nitrogen and oxygen atoms in total. The molecule has 0 aliphatic carbocycles. The Balaban J connectivity index is 2.20. The van der Waals surface area contributed by atoms with E-state index in [2.05, 4.69) is 25.0 Å². The summed E-state index contributed by atoms with van der Waals surface area (Å²) in [5.41, 5.74) is 1.35. The zero-order valence-electron chi connectivity index (χ0n) is 12.0. The summed E-state index contributed by atoms with van der Waals surface area (Å²) in [4.78, 5) is 12.2. The van der Waals surface area contributed by atoms with Gasteiger partial charge in [0.1, 0.15) is 5.75 Å². The lowest BCUT2D eigenvalue weighted by molar-refractivity contribution is 0.102. The van der Waals surface area contributed by atoms with Gasteiger partial charge in [-0.05, 0) is 43.9 Å². The van der Waals surface area contributed by atoms with Gasteiger partial charge in [-0.2, -0.15) is 0 Å². The average Bonchev–Trinajstić information content (AvgIpc) is 2.40. The van der Waals surface area contributed by atoms with Gasteiger partial charge < -0.3 is 9.74 Å². The molecule has 2 rings (SSSR count). The van der Waals surface area contributed by atoms with E-state index in [1.165, 1.54) is 0 Å². The first kappa shape index (κ1) is 14.3. The van der Waals surface area contributed by atoms with Crippen LogP contribution < -0.4 is 9.74 Å². The van der Waals surface area contributed by atoms with Crippen LogP contribution in [-0.4, -0.2) is 14.2 Å². The normalized spacial score (nSPS) is 10.9. The van der Waals surface area contributed by atoms with Crippen LogP contribution in [0.4, 0.5) is 5.69 Å².